The monoisotopic (exact) mass is 248 g/mol. The van der Waals surface area contributed by atoms with Crippen molar-refractivity contribution >= 4 is 5.78 Å². The molecule has 100 valence electrons. The van der Waals surface area contributed by atoms with E-state index < -0.39 is 0 Å². The van der Waals surface area contributed by atoms with E-state index in [1.54, 1.807) is 0 Å². The van der Waals surface area contributed by atoms with Crippen molar-refractivity contribution in [2.75, 3.05) is 0 Å². The Balaban J connectivity index is 1.84. The molecule has 2 fully saturated rings. The molecule has 0 aliphatic heterocycles. The van der Waals surface area contributed by atoms with Crippen LogP contribution in [0.5, 0.6) is 0 Å². The topological polar surface area (TPSA) is 37.3 Å². The smallest absolute Gasteiger partial charge is 0.162 e. The van der Waals surface area contributed by atoms with Crippen molar-refractivity contribution in [3.05, 3.63) is 11.3 Å². The zero-order valence-electron chi connectivity index (χ0n) is 11.2. The number of fused-ring (bicyclic) bond motifs is 1. The highest BCUT2D eigenvalue weighted by Gasteiger charge is 2.38. The number of aliphatic hydroxyl groups excluding tert-OH is 1. The molecule has 2 heteroatoms. The fourth-order valence-electron chi connectivity index (χ4n) is 4.37. The highest BCUT2D eigenvalue weighted by molar-refractivity contribution is 5.97. The second-order valence-corrected chi connectivity index (χ2v) is 6.39. The molecule has 0 aromatic rings. The van der Waals surface area contributed by atoms with Gasteiger partial charge in [0.15, 0.2) is 5.78 Å². The van der Waals surface area contributed by atoms with Gasteiger partial charge in [0.25, 0.3) is 0 Å². The highest BCUT2D eigenvalue weighted by Crippen LogP contribution is 2.45. The summed E-state index contributed by atoms with van der Waals surface area (Å²) in [6.07, 6.45) is 11.5. The van der Waals surface area contributed by atoms with Crippen molar-refractivity contribution in [1.29, 1.82) is 0 Å². The number of carbonyl (C=O) groups is 1. The summed E-state index contributed by atoms with van der Waals surface area (Å²) in [6.45, 7) is 0. The predicted molar refractivity (Wildman–Crippen MR) is 71.3 cm³/mol. The van der Waals surface area contributed by atoms with Crippen molar-refractivity contribution in [2.45, 2.75) is 64.2 Å². The summed E-state index contributed by atoms with van der Waals surface area (Å²) in [5.41, 5.74) is 0.836. The van der Waals surface area contributed by atoms with Crippen molar-refractivity contribution in [1.82, 2.24) is 0 Å². The van der Waals surface area contributed by atoms with Gasteiger partial charge < -0.3 is 5.11 Å². The number of Topliss-reactive ketones (excluding diaryl/α,β-unsaturated/α-hetero) is 1. The van der Waals surface area contributed by atoms with Crippen LogP contribution in [0, 0.1) is 17.8 Å². The first kappa shape index (κ1) is 12.3. The lowest BCUT2D eigenvalue weighted by Crippen LogP contribution is -2.31. The van der Waals surface area contributed by atoms with Crippen LogP contribution < -0.4 is 0 Å². The van der Waals surface area contributed by atoms with Gasteiger partial charge in [0.05, 0.1) is 0 Å². The minimum absolute atomic E-state index is 0.240. The average molecular weight is 248 g/mol. The minimum Gasteiger partial charge on any atom is -0.512 e. The molecule has 0 bridgehead atoms. The van der Waals surface area contributed by atoms with E-state index in [1.165, 1.54) is 32.1 Å². The van der Waals surface area contributed by atoms with Crippen molar-refractivity contribution in [3.8, 4) is 0 Å². The Bertz CT molecular complexity index is 363. The lowest BCUT2D eigenvalue weighted by Gasteiger charge is -2.38. The third-order valence-electron chi connectivity index (χ3n) is 5.34. The van der Waals surface area contributed by atoms with Crippen LogP contribution in [0.1, 0.15) is 64.2 Å². The molecule has 2 nitrogen and oxygen atoms in total. The van der Waals surface area contributed by atoms with E-state index in [-0.39, 0.29) is 5.78 Å². The molecule has 0 heterocycles. The van der Waals surface area contributed by atoms with Crippen LogP contribution in [0.2, 0.25) is 0 Å². The Morgan fingerprint density at radius 1 is 0.889 bits per heavy atom. The molecule has 2 saturated carbocycles. The van der Waals surface area contributed by atoms with E-state index in [0.717, 1.165) is 31.3 Å². The summed E-state index contributed by atoms with van der Waals surface area (Å²) >= 11 is 0. The highest BCUT2D eigenvalue weighted by atomic mass is 16.3. The Labute approximate surface area is 109 Å². The van der Waals surface area contributed by atoms with E-state index in [2.05, 4.69) is 0 Å². The van der Waals surface area contributed by atoms with Gasteiger partial charge in [-0.1, -0.05) is 19.3 Å². The maximum Gasteiger partial charge on any atom is 0.162 e. The first-order chi connectivity index (χ1) is 8.77. The van der Waals surface area contributed by atoms with Crippen LogP contribution in [0.3, 0.4) is 0 Å². The third kappa shape index (κ3) is 2.10. The minimum atomic E-state index is 0.240. The molecular formula is C16H24O2. The largest absolute Gasteiger partial charge is 0.512 e. The molecule has 3 aliphatic carbocycles. The van der Waals surface area contributed by atoms with Gasteiger partial charge in [0.2, 0.25) is 0 Å². The summed E-state index contributed by atoms with van der Waals surface area (Å²) < 4.78 is 0. The predicted octanol–water partition coefficient (Wildman–Crippen LogP) is 4.16. The van der Waals surface area contributed by atoms with Gasteiger partial charge in [-0.05, 0) is 50.4 Å². The van der Waals surface area contributed by atoms with Crippen molar-refractivity contribution in [2.24, 2.45) is 17.8 Å². The third-order valence-corrected chi connectivity index (χ3v) is 5.34. The molecule has 0 saturated heterocycles. The van der Waals surface area contributed by atoms with Gasteiger partial charge >= 0.3 is 0 Å². The summed E-state index contributed by atoms with van der Waals surface area (Å²) in [5.74, 6) is 2.07. The molecule has 0 spiro atoms. The Kier molecular flexibility index (Phi) is 3.45. The molecular weight excluding hydrogens is 224 g/mol. The number of ketones is 1. The second-order valence-electron chi connectivity index (χ2n) is 6.39. The van der Waals surface area contributed by atoms with Crippen LogP contribution in [0.25, 0.3) is 0 Å². The van der Waals surface area contributed by atoms with E-state index >= 15 is 0 Å². The summed E-state index contributed by atoms with van der Waals surface area (Å²) in [4.78, 5) is 12.0. The molecule has 1 N–H and O–H groups in total. The standard InChI is InChI=1S/C16H24O2/c17-14-8-4-7-12-9-10-13(16(18)15(12)14)11-5-2-1-3-6-11/h11-13,18H,1-10H2. The summed E-state index contributed by atoms with van der Waals surface area (Å²) in [5, 5.41) is 10.5. The molecule has 2 atom stereocenters. The normalized spacial score (nSPS) is 34.6. The van der Waals surface area contributed by atoms with Gasteiger partial charge in [0.1, 0.15) is 5.76 Å². The van der Waals surface area contributed by atoms with E-state index in [9.17, 15) is 9.90 Å². The number of aliphatic hydroxyl groups is 1. The zero-order chi connectivity index (χ0) is 12.5. The Morgan fingerprint density at radius 2 is 1.67 bits per heavy atom. The fraction of sp³-hybridized carbons (Fsp3) is 0.812. The average Bonchev–Trinajstić information content (AvgIpc) is 2.40. The number of allylic oxidation sites excluding steroid dienone is 2. The maximum atomic E-state index is 12.0. The summed E-state index contributed by atoms with van der Waals surface area (Å²) in [6, 6.07) is 0. The van der Waals surface area contributed by atoms with Crippen LogP contribution in [0.4, 0.5) is 0 Å². The Hall–Kier alpha value is -0.790. The van der Waals surface area contributed by atoms with Gasteiger partial charge in [-0.25, -0.2) is 0 Å². The van der Waals surface area contributed by atoms with E-state index in [0.29, 0.717) is 29.9 Å². The van der Waals surface area contributed by atoms with Crippen molar-refractivity contribution in [3.63, 3.8) is 0 Å². The van der Waals surface area contributed by atoms with Gasteiger partial charge in [-0.15, -0.1) is 0 Å². The molecule has 0 radical (unpaired) electrons. The zero-order valence-corrected chi connectivity index (χ0v) is 11.2. The maximum absolute atomic E-state index is 12.0. The molecule has 0 aromatic carbocycles. The van der Waals surface area contributed by atoms with Gasteiger partial charge in [-0.2, -0.15) is 0 Å². The molecule has 3 aliphatic rings. The lowest BCUT2D eigenvalue weighted by molar-refractivity contribution is -0.117. The number of carbonyl (C=O) groups excluding carboxylic acids is 1. The first-order valence-electron chi connectivity index (χ1n) is 7.73. The lowest BCUT2D eigenvalue weighted by atomic mass is 9.67. The quantitative estimate of drug-likeness (QED) is 0.756. The number of hydrogen-bond acceptors (Lipinski definition) is 2. The molecule has 3 rings (SSSR count). The van der Waals surface area contributed by atoms with Crippen LogP contribution in [-0.4, -0.2) is 10.9 Å². The molecule has 0 aromatic heterocycles. The van der Waals surface area contributed by atoms with E-state index in [1.807, 2.05) is 0 Å². The molecule has 0 amide bonds. The van der Waals surface area contributed by atoms with Gasteiger partial charge in [0, 0.05) is 17.9 Å². The fourth-order valence-corrected chi connectivity index (χ4v) is 4.37. The molecule has 2 unspecified atom stereocenters. The summed E-state index contributed by atoms with van der Waals surface area (Å²) in [7, 11) is 0. The first-order valence-corrected chi connectivity index (χ1v) is 7.73. The number of hydrogen-bond donors (Lipinski definition) is 1. The Morgan fingerprint density at radius 3 is 2.44 bits per heavy atom. The van der Waals surface area contributed by atoms with Gasteiger partial charge in [-0.3, -0.25) is 4.79 Å². The number of rotatable bonds is 1. The second kappa shape index (κ2) is 5.07. The van der Waals surface area contributed by atoms with E-state index in [4.69, 9.17) is 0 Å². The SMILES string of the molecule is O=C1CCCC2CCC(C3CCCCC3)C(O)=C12. The molecule has 18 heavy (non-hydrogen) atoms. The van der Waals surface area contributed by atoms with Crippen LogP contribution >= 0.6 is 0 Å². The van der Waals surface area contributed by atoms with Crippen molar-refractivity contribution < 1.29 is 9.90 Å². The van der Waals surface area contributed by atoms with Crippen LogP contribution in [-0.2, 0) is 4.79 Å². The van der Waals surface area contributed by atoms with Crippen LogP contribution in [0.15, 0.2) is 11.3 Å².